The van der Waals surface area contributed by atoms with E-state index < -0.39 is 0 Å². The van der Waals surface area contributed by atoms with Gasteiger partial charge in [-0.15, -0.1) is 0 Å². The van der Waals surface area contributed by atoms with Gasteiger partial charge in [-0.05, 0) is 49.6 Å². The molecule has 3 rings (SSSR count). The average Bonchev–Trinajstić information content (AvgIpc) is 3.24. The van der Waals surface area contributed by atoms with Gasteiger partial charge in [-0.3, -0.25) is 9.69 Å². The third kappa shape index (κ3) is 4.21. The summed E-state index contributed by atoms with van der Waals surface area (Å²) < 4.78 is 2.06. The first kappa shape index (κ1) is 17.1. The van der Waals surface area contributed by atoms with E-state index in [4.69, 9.17) is 0 Å². The number of anilines is 2. The Balaban J connectivity index is 1.57. The Kier molecular flexibility index (Phi) is 5.38. The Labute approximate surface area is 147 Å². The molecule has 2 aromatic rings. The number of fused-ring (bicyclic) bond motifs is 1. The molecular weight excluding hydrogens is 316 g/mol. The van der Waals surface area contributed by atoms with Crippen LogP contribution in [0.1, 0.15) is 25.3 Å². The minimum atomic E-state index is -0.0866. The molecule has 0 radical (unpaired) electrons. The van der Waals surface area contributed by atoms with Gasteiger partial charge in [0, 0.05) is 44.1 Å². The standard InChI is InChI=1S/C19H24N4O2/c1-2-20-19(25)23-13-9-15-7-8-16(14-17(15)23)21-18(24)6-5-12-22-10-3-4-11-22/h3-4,7-8,10-11,14H,2,5-6,9,12-13H2,1H3,(H,20,25)(H,21,24). The molecule has 132 valence electrons. The van der Waals surface area contributed by atoms with Crippen molar-refractivity contribution >= 4 is 23.3 Å². The van der Waals surface area contributed by atoms with E-state index in [1.165, 1.54) is 0 Å². The van der Waals surface area contributed by atoms with Gasteiger partial charge in [0.2, 0.25) is 5.91 Å². The van der Waals surface area contributed by atoms with Gasteiger partial charge >= 0.3 is 6.03 Å². The van der Waals surface area contributed by atoms with Crippen LogP contribution in [-0.2, 0) is 17.8 Å². The number of carbonyl (C=O) groups excluding carboxylic acids is 2. The quantitative estimate of drug-likeness (QED) is 0.849. The van der Waals surface area contributed by atoms with Crippen molar-refractivity contribution in [2.24, 2.45) is 0 Å². The van der Waals surface area contributed by atoms with Crippen LogP contribution < -0.4 is 15.5 Å². The van der Waals surface area contributed by atoms with E-state index in [-0.39, 0.29) is 11.9 Å². The number of rotatable bonds is 6. The number of benzene rings is 1. The normalized spacial score (nSPS) is 12.8. The number of urea groups is 1. The minimum absolute atomic E-state index is 0.00494. The maximum Gasteiger partial charge on any atom is 0.321 e. The Morgan fingerprint density at radius 3 is 2.76 bits per heavy atom. The zero-order valence-corrected chi connectivity index (χ0v) is 14.5. The van der Waals surface area contributed by atoms with Gasteiger partial charge in [-0.25, -0.2) is 4.79 Å². The molecule has 0 saturated carbocycles. The van der Waals surface area contributed by atoms with Crippen molar-refractivity contribution in [3.8, 4) is 0 Å². The fraction of sp³-hybridized carbons (Fsp3) is 0.368. The van der Waals surface area contributed by atoms with Crippen LogP contribution in [-0.4, -0.2) is 29.6 Å². The zero-order chi connectivity index (χ0) is 17.6. The molecule has 25 heavy (non-hydrogen) atoms. The smallest absolute Gasteiger partial charge is 0.321 e. The number of aromatic nitrogens is 1. The van der Waals surface area contributed by atoms with Crippen molar-refractivity contribution in [1.29, 1.82) is 0 Å². The summed E-state index contributed by atoms with van der Waals surface area (Å²) in [5.74, 6) is -0.00494. The van der Waals surface area contributed by atoms with Crippen LogP contribution in [0.15, 0.2) is 42.7 Å². The highest BCUT2D eigenvalue weighted by Crippen LogP contribution is 2.31. The molecule has 3 amide bonds. The molecule has 0 unspecified atom stereocenters. The number of hydrogen-bond donors (Lipinski definition) is 2. The van der Waals surface area contributed by atoms with Crippen LogP contribution in [0.5, 0.6) is 0 Å². The monoisotopic (exact) mass is 340 g/mol. The lowest BCUT2D eigenvalue weighted by molar-refractivity contribution is -0.116. The largest absolute Gasteiger partial charge is 0.354 e. The van der Waals surface area contributed by atoms with E-state index in [0.717, 1.165) is 36.3 Å². The minimum Gasteiger partial charge on any atom is -0.354 e. The summed E-state index contributed by atoms with van der Waals surface area (Å²) in [7, 11) is 0. The predicted octanol–water partition coefficient (Wildman–Crippen LogP) is 3.00. The lowest BCUT2D eigenvalue weighted by Crippen LogP contribution is -2.38. The van der Waals surface area contributed by atoms with E-state index in [9.17, 15) is 9.59 Å². The lowest BCUT2D eigenvalue weighted by atomic mass is 10.1. The van der Waals surface area contributed by atoms with E-state index in [1.807, 2.05) is 49.6 Å². The summed E-state index contributed by atoms with van der Waals surface area (Å²) in [6.07, 6.45) is 6.09. The molecule has 0 spiro atoms. The van der Waals surface area contributed by atoms with Crippen LogP contribution in [0.4, 0.5) is 16.2 Å². The number of nitrogens with zero attached hydrogens (tertiary/aromatic N) is 2. The van der Waals surface area contributed by atoms with Crippen LogP contribution in [0.25, 0.3) is 0 Å². The molecule has 0 atom stereocenters. The second-order valence-corrected chi connectivity index (χ2v) is 6.15. The van der Waals surface area contributed by atoms with Crippen LogP contribution >= 0.6 is 0 Å². The van der Waals surface area contributed by atoms with Crippen molar-refractivity contribution in [2.75, 3.05) is 23.3 Å². The second kappa shape index (κ2) is 7.88. The van der Waals surface area contributed by atoms with Gasteiger partial charge in [-0.2, -0.15) is 0 Å². The van der Waals surface area contributed by atoms with Crippen LogP contribution in [0.3, 0.4) is 0 Å². The van der Waals surface area contributed by atoms with Crippen molar-refractivity contribution < 1.29 is 9.59 Å². The van der Waals surface area contributed by atoms with Crippen LogP contribution in [0.2, 0.25) is 0 Å². The van der Waals surface area contributed by atoms with Crippen molar-refractivity contribution in [2.45, 2.75) is 32.7 Å². The first-order valence-electron chi connectivity index (χ1n) is 8.76. The topological polar surface area (TPSA) is 66.4 Å². The molecule has 0 aliphatic carbocycles. The highest BCUT2D eigenvalue weighted by molar-refractivity contribution is 5.96. The van der Waals surface area contributed by atoms with Gasteiger partial charge in [0.05, 0.1) is 5.69 Å². The average molecular weight is 340 g/mol. The molecule has 2 heterocycles. The number of carbonyl (C=O) groups is 2. The predicted molar refractivity (Wildman–Crippen MR) is 98.9 cm³/mol. The highest BCUT2D eigenvalue weighted by Gasteiger charge is 2.24. The van der Waals surface area contributed by atoms with Gasteiger partial charge < -0.3 is 15.2 Å². The first-order valence-corrected chi connectivity index (χ1v) is 8.76. The van der Waals surface area contributed by atoms with Crippen molar-refractivity contribution in [1.82, 2.24) is 9.88 Å². The summed E-state index contributed by atoms with van der Waals surface area (Å²) in [5, 5.41) is 5.76. The summed E-state index contributed by atoms with van der Waals surface area (Å²) in [6, 6.07) is 9.65. The van der Waals surface area contributed by atoms with Crippen LogP contribution in [0, 0.1) is 0 Å². The lowest BCUT2D eigenvalue weighted by Gasteiger charge is -2.18. The van der Waals surface area contributed by atoms with E-state index >= 15 is 0 Å². The van der Waals surface area contributed by atoms with E-state index in [0.29, 0.717) is 19.5 Å². The number of aryl methyl sites for hydroxylation is 1. The summed E-state index contributed by atoms with van der Waals surface area (Å²) >= 11 is 0. The number of hydrogen-bond acceptors (Lipinski definition) is 2. The Bertz CT molecular complexity index is 740. The van der Waals surface area contributed by atoms with Gasteiger partial charge in [0.25, 0.3) is 0 Å². The molecule has 1 aliphatic rings. The maximum atomic E-state index is 12.1. The number of nitrogens with one attached hydrogen (secondary N) is 2. The second-order valence-electron chi connectivity index (χ2n) is 6.15. The maximum absolute atomic E-state index is 12.1. The third-order valence-corrected chi connectivity index (χ3v) is 4.32. The molecule has 1 aromatic heterocycles. The summed E-state index contributed by atoms with van der Waals surface area (Å²) in [5.41, 5.74) is 2.76. The van der Waals surface area contributed by atoms with Crippen molar-refractivity contribution in [3.05, 3.63) is 48.3 Å². The van der Waals surface area contributed by atoms with Gasteiger partial charge in [-0.1, -0.05) is 6.07 Å². The molecular formula is C19H24N4O2. The van der Waals surface area contributed by atoms with Gasteiger partial charge in [0.15, 0.2) is 0 Å². The molecule has 6 nitrogen and oxygen atoms in total. The highest BCUT2D eigenvalue weighted by atomic mass is 16.2. The number of amides is 3. The molecule has 0 bridgehead atoms. The molecule has 6 heteroatoms. The fourth-order valence-electron chi connectivity index (χ4n) is 3.08. The van der Waals surface area contributed by atoms with E-state index in [2.05, 4.69) is 15.2 Å². The van der Waals surface area contributed by atoms with E-state index in [1.54, 1.807) is 4.90 Å². The van der Waals surface area contributed by atoms with Gasteiger partial charge in [0.1, 0.15) is 0 Å². The molecule has 0 saturated heterocycles. The molecule has 1 aliphatic heterocycles. The third-order valence-electron chi connectivity index (χ3n) is 4.32. The van der Waals surface area contributed by atoms with Crippen molar-refractivity contribution in [3.63, 3.8) is 0 Å². The SMILES string of the molecule is CCNC(=O)N1CCc2ccc(NC(=O)CCCn3cccc3)cc21. The summed E-state index contributed by atoms with van der Waals surface area (Å²) in [6.45, 7) is 4.01. The molecule has 0 fully saturated rings. The first-order chi connectivity index (χ1) is 12.2. The molecule has 1 aromatic carbocycles. The Morgan fingerprint density at radius 2 is 2.00 bits per heavy atom. The molecule has 2 N–H and O–H groups in total. The zero-order valence-electron chi connectivity index (χ0n) is 14.5. The fourth-order valence-corrected chi connectivity index (χ4v) is 3.08. The summed E-state index contributed by atoms with van der Waals surface area (Å²) in [4.78, 5) is 26.0. The Hall–Kier alpha value is -2.76. The Morgan fingerprint density at radius 1 is 1.20 bits per heavy atom.